The van der Waals surface area contributed by atoms with Gasteiger partial charge in [-0.1, -0.05) is 35.6 Å². The number of ether oxygens (including phenoxy) is 3. The summed E-state index contributed by atoms with van der Waals surface area (Å²) in [7, 11) is 0. The van der Waals surface area contributed by atoms with Crippen LogP contribution in [-0.4, -0.2) is 146 Å². The van der Waals surface area contributed by atoms with Gasteiger partial charge < -0.3 is 54.5 Å². The number of benzene rings is 1. The average Bonchev–Trinajstić information content (AvgIpc) is 3.20. The molecule has 0 aliphatic heterocycles. The van der Waals surface area contributed by atoms with Gasteiger partial charge in [0.1, 0.15) is 0 Å². The quantitative estimate of drug-likeness (QED) is 0.0269. The van der Waals surface area contributed by atoms with Crippen molar-refractivity contribution in [2.45, 2.75) is 50.8 Å². The predicted molar refractivity (Wildman–Crippen MR) is 213 cm³/mol. The molecule has 0 radical (unpaired) electrons. The molecule has 0 heterocycles. The van der Waals surface area contributed by atoms with Crippen molar-refractivity contribution in [3.05, 3.63) is 35.4 Å². The molecule has 10 N–H and O–H groups in total. The van der Waals surface area contributed by atoms with Crippen molar-refractivity contribution in [3.63, 3.8) is 0 Å². The lowest BCUT2D eigenvalue weighted by molar-refractivity contribution is -0.132. The molecule has 0 bridgehead atoms. The summed E-state index contributed by atoms with van der Waals surface area (Å²) in [4.78, 5) is 68.0. The zero-order valence-electron chi connectivity index (χ0n) is 33.1. The van der Waals surface area contributed by atoms with Crippen LogP contribution in [-0.2, 0) is 70.0 Å². The highest BCUT2D eigenvalue weighted by atomic mass is 32.7. The van der Waals surface area contributed by atoms with E-state index in [0.29, 0.717) is 32.2 Å². The molecule has 1 fully saturated rings. The second-order valence-corrected chi connectivity index (χ2v) is 18.3. The Hall–Kier alpha value is -2.76. The molecule has 4 amide bonds. The van der Waals surface area contributed by atoms with Crippen LogP contribution in [0.5, 0.6) is 0 Å². The molecule has 57 heavy (non-hydrogen) atoms. The topological polar surface area (TPSA) is 279 Å². The van der Waals surface area contributed by atoms with E-state index >= 15 is 0 Å². The summed E-state index contributed by atoms with van der Waals surface area (Å²) in [6.07, 6.45) is 4.48. The second-order valence-electron chi connectivity index (χ2n) is 13.1. The zero-order valence-corrected chi connectivity index (χ0v) is 34.8. The Morgan fingerprint density at radius 2 is 1.19 bits per heavy atom. The normalized spacial score (nSPS) is 17.1. The van der Waals surface area contributed by atoms with Crippen LogP contribution >= 0.6 is 18.0 Å². The maximum absolute atomic E-state index is 13.8. The van der Waals surface area contributed by atoms with Crippen molar-refractivity contribution in [2.75, 3.05) is 105 Å². The third-order valence-corrected chi connectivity index (χ3v) is 12.4. The third-order valence-electron chi connectivity index (χ3n) is 8.79. The minimum absolute atomic E-state index is 0.0437. The Kier molecular flexibility index (Phi) is 26.8. The smallest absolute Gasteiger partial charge is 0.254 e. The van der Waals surface area contributed by atoms with Crippen LogP contribution in [0.4, 0.5) is 0 Å². The fraction of sp³-hybridized carbons (Fsp3) is 0.714. The highest BCUT2D eigenvalue weighted by Crippen LogP contribution is 2.56. The van der Waals surface area contributed by atoms with Crippen LogP contribution in [0, 0.1) is 5.92 Å². The Morgan fingerprint density at radius 1 is 0.719 bits per heavy atom. The molecule has 1 aromatic carbocycles. The number of carbonyl (C=O) groups excluding carboxylic acids is 4. The SMILES string of the molecule is CSP(C)(=O)OC1CCC(C(=O)NCc2ccc(C[C@H](C(=O)NCCOCCON)N(CC(=O)NCCOCCON)CC(=O)NCCOCCON)cc2)CC1. The Bertz CT molecular complexity index is 1320. The summed E-state index contributed by atoms with van der Waals surface area (Å²) in [5.41, 5.74) is 1.61. The maximum atomic E-state index is 13.8. The summed E-state index contributed by atoms with van der Waals surface area (Å²) in [5, 5.41) is 11.4. The van der Waals surface area contributed by atoms with E-state index in [1.54, 1.807) is 12.9 Å². The molecule has 0 spiro atoms. The number of nitrogens with two attached hydrogens (primary N) is 3. The van der Waals surface area contributed by atoms with Crippen molar-refractivity contribution >= 4 is 41.6 Å². The van der Waals surface area contributed by atoms with Crippen LogP contribution in [0.2, 0.25) is 0 Å². The molecule has 1 aliphatic carbocycles. The van der Waals surface area contributed by atoms with E-state index in [4.69, 9.17) is 36.4 Å². The molecule has 20 nitrogen and oxygen atoms in total. The minimum atomic E-state index is -2.68. The lowest BCUT2D eigenvalue weighted by Crippen LogP contribution is -2.54. The van der Waals surface area contributed by atoms with E-state index in [-0.39, 0.29) is 117 Å². The van der Waals surface area contributed by atoms with E-state index in [1.807, 2.05) is 24.3 Å². The summed E-state index contributed by atoms with van der Waals surface area (Å²) in [6.45, 7) is 1.11. The summed E-state index contributed by atoms with van der Waals surface area (Å²) < 4.78 is 34.3. The monoisotopic (exact) mass is 850 g/mol. The van der Waals surface area contributed by atoms with Gasteiger partial charge in [0.15, 0.2) is 0 Å². The average molecular weight is 851 g/mol. The lowest BCUT2D eigenvalue weighted by Gasteiger charge is -2.30. The first-order valence-electron chi connectivity index (χ1n) is 18.9. The van der Waals surface area contributed by atoms with Crippen molar-refractivity contribution in [2.24, 2.45) is 23.6 Å². The summed E-state index contributed by atoms with van der Waals surface area (Å²) >= 11 is 1.23. The van der Waals surface area contributed by atoms with Gasteiger partial charge in [-0.25, -0.2) is 17.7 Å². The Labute approximate surface area is 339 Å². The zero-order chi connectivity index (χ0) is 41.7. The van der Waals surface area contributed by atoms with Gasteiger partial charge in [0.25, 0.3) is 6.57 Å². The summed E-state index contributed by atoms with van der Waals surface area (Å²) in [6, 6.07) is 6.46. The second kappa shape index (κ2) is 30.3. The number of hydrogen-bond acceptors (Lipinski definition) is 17. The number of hydrogen-bond donors (Lipinski definition) is 7. The fourth-order valence-corrected chi connectivity index (χ4v) is 7.22. The maximum Gasteiger partial charge on any atom is 0.254 e. The van der Waals surface area contributed by atoms with Gasteiger partial charge in [0.05, 0.1) is 84.7 Å². The summed E-state index contributed by atoms with van der Waals surface area (Å²) in [5.74, 6) is 13.6. The van der Waals surface area contributed by atoms with Crippen LogP contribution < -0.4 is 39.0 Å². The predicted octanol–water partition coefficient (Wildman–Crippen LogP) is -0.654. The number of nitrogens with one attached hydrogen (secondary N) is 4. The first-order chi connectivity index (χ1) is 27.5. The van der Waals surface area contributed by atoms with E-state index in [0.717, 1.165) is 11.1 Å². The van der Waals surface area contributed by atoms with Crippen molar-refractivity contribution < 1.29 is 57.0 Å². The number of nitrogens with zero attached hydrogens (tertiary/aromatic N) is 1. The number of rotatable bonds is 32. The van der Waals surface area contributed by atoms with E-state index in [2.05, 4.69) is 35.8 Å². The standard InChI is InChI=1S/C35H63N8O12PS/c1-56(48,57-2)55-30-9-7-29(8-10-30)34(46)42-24-28-5-3-27(4-6-28)23-31(35(47)41-13-16-51-19-22-54-38)43(25-32(44)39-11-14-49-17-20-52-36)26-33(45)40-12-15-50-18-21-53-37/h3-6,29-31H,7-26,36-38H2,1-2H3,(H,39,44)(H,40,45)(H,41,47)(H,42,46)/t29?,30?,31-,56?/m1/s1. The Balaban J connectivity index is 2.13. The van der Waals surface area contributed by atoms with Gasteiger partial charge in [-0.3, -0.25) is 28.6 Å². The first-order valence-corrected chi connectivity index (χ1v) is 22.8. The molecule has 22 heteroatoms. The van der Waals surface area contributed by atoms with Crippen LogP contribution in [0.25, 0.3) is 0 Å². The highest BCUT2D eigenvalue weighted by molar-refractivity contribution is 8.56. The van der Waals surface area contributed by atoms with Gasteiger partial charge in [-0.2, -0.15) is 0 Å². The van der Waals surface area contributed by atoms with E-state index < -0.39 is 30.3 Å². The molecule has 1 aliphatic rings. The van der Waals surface area contributed by atoms with Crippen LogP contribution in [0.3, 0.4) is 0 Å². The third kappa shape index (κ3) is 22.8. The highest BCUT2D eigenvalue weighted by Gasteiger charge is 2.31. The van der Waals surface area contributed by atoms with Gasteiger partial charge in [-0.05, 0) is 49.5 Å². The minimum Gasteiger partial charge on any atom is -0.377 e. The van der Waals surface area contributed by atoms with E-state index in [9.17, 15) is 23.7 Å². The van der Waals surface area contributed by atoms with Crippen molar-refractivity contribution in [1.29, 1.82) is 0 Å². The molecular formula is C35H63N8O12PS. The first kappa shape index (κ1) is 50.4. The molecule has 1 saturated carbocycles. The number of carbonyl (C=O) groups is 4. The molecular weight excluding hydrogens is 787 g/mol. The molecule has 0 aromatic heterocycles. The molecule has 326 valence electrons. The lowest BCUT2D eigenvalue weighted by atomic mass is 9.87. The van der Waals surface area contributed by atoms with Gasteiger partial charge in [-0.15, -0.1) is 0 Å². The van der Waals surface area contributed by atoms with Crippen LogP contribution in [0.1, 0.15) is 36.8 Å². The van der Waals surface area contributed by atoms with Gasteiger partial charge >= 0.3 is 0 Å². The van der Waals surface area contributed by atoms with Crippen molar-refractivity contribution in [3.8, 4) is 0 Å². The largest absolute Gasteiger partial charge is 0.377 e. The fourth-order valence-electron chi connectivity index (χ4n) is 5.76. The van der Waals surface area contributed by atoms with Gasteiger partial charge in [0.2, 0.25) is 23.6 Å². The Morgan fingerprint density at radius 3 is 1.67 bits per heavy atom. The van der Waals surface area contributed by atoms with E-state index in [1.165, 1.54) is 16.3 Å². The molecule has 1 aromatic rings. The van der Waals surface area contributed by atoms with Gasteiger partial charge in [0, 0.05) is 38.8 Å². The molecule has 2 atom stereocenters. The number of amides is 4. The van der Waals surface area contributed by atoms with Crippen molar-refractivity contribution in [1.82, 2.24) is 26.2 Å². The molecule has 2 rings (SSSR count). The van der Waals surface area contributed by atoms with Crippen LogP contribution in [0.15, 0.2) is 24.3 Å². The molecule has 0 saturated heterocycles. The molecule has 1 unspecified atom stereocenters.